The number of nitrogens with zero attached hydrogens (tertiary/aromatic N) is 2. The Morgan fingerprint density at radius 2 is 2.00 bits per heavy atom. The van der Waals surface area contributed by atoms with Gasteiger partial charge in [-0.15, -0.1) is 0 Å². The van der Waals surface area contributed by atoms with Crippen LogP contribution >= 0.6 is 0 Å². The number of carbonyl (C=O) groups excluding carboxylic acids is 1. The molecule has 0 unspecified atom stereocenters. The number of nitrogens with one attached hydrogen (secondary N) is 1. The third-order valence-corrected chi connectivity index (χ3v) is 4.07. The van der Waals surface area contributed by atoms with Gasteiger partial charge in [0.05, 0.1) is 6.20 Å². The number of pyridine rings is 1. The number of piperidine rings is 1. The van der Waals surface area contributed by atoms with Crippen molar-refractivity contribution in [2.75, 3.05) is 13.1 Å². The maximum absolute atomic E-state index is 13.6. The summed E-state index contributed by atoms with van der Waals surface area (Å²) in [6.45, 7) is 7.99. The van der Waals surface area contributed by atoms with Gasteiger partial charge in [0.25, 0.3) is 5.91 Å². The van der Waals surface area contributed by atoms with Crippen LogP contribution in [0.1, 0.15) is 44.1 Å². The molecule has 0 spiro atoms. The first-order valence-electron chi connectivity index (χ1n) is 7.18. The third kappa shape index (κ3) is 3.75. The summed E-state index contributed by atoms with van der Waals surface area (Å²) in [5.41, 5.74) is -0.741. The highest BCUT2D eigenvalue weighted by atomic mass is 19.1. The predicted octanol–water partition coefficient (Wildman–Crippen LogP) is 2.35. The SMILES string of the molecule is CC(C)N1CCC(C)(NC(=O)c2ncc(F)cc2F)CC1. The second kappa shape index (κ2) is 6.05. The van der Waals surface area contributed by atoms with Gasteiger partial charge >= 0.3 is 0 Å². The Hall–Kier alpha value is -1.56. The molecular formula is C15H21F2N3O. The number of hydrogen-bond acceptors (Lipinski definition) is 3. The van der Waals surface area contributed by atoms with Crippen molar-refractivity contribution in [1.82, 2.24) is 15.2 Å². The van der Waals surface area contributed by atoms with Crippen molar-refractivity contribution in [2.24, 2.45) is 0 Å². The number of amides is 1. The molecule has 0 aromatic carbocycles. The molecule has 21 heavy (non-hydrogen) atoms. The molecule has 1 N–H and O–H groups in total. The summed E-state index contributed by atoms with van der Waals surface area (Å²) in [4.78, 5) is 18.0. The quantitative estimate of drug-likeness (QED) is 0.931. The van der Waals surface area contributed by atoms with Gasteiger partial charge in [0.2, 0.25) is 0 Å². The van der Waals surface area contributed by atoms with Crippen LogP contribution in [-0.4, -0.2) is 40.5 Å². The number of likely N-dealkylation sites (tertiary alicyclic amines) is 1. The van der Waals surface area contributed by atoms with Crippen LogP contribution in [0.15, 0.2) is 12.3 Å². The van der Waals surface area contributed by atoms with E-state index in [1.807, 2.05) is 6.92 Å². The van der Waals surface area contributed by atoms with E-state index in [2.05, 4.69) is 29.0 Å². The highest BCUT2D eigenvalue weighted by molar-refractivity contribution is 5.93. The molecular weight excluding hydrogens is 276 g/mol. The molecule has 1 aliphatic rings. The number of rotatable bonds is 3. The van der Waals surface area contributed by atoms with Gasteiger partial charge < -0.3 is 10.2 Å². The van der Waals surface area contributed by atoms with Crippen LogP contribution in [0.5, 0.6) is 0 Å². The van der Waals surface area contributed by atoms with E-state index in [1.54, 1.807) is 0 Å². The van der Waals surface area contributed by atoms with Gasteiger partial charge in [-0.25, -0.2) is 13.8 Å². The topological polar surface area (TPSA) is 45.2 Å². The number of aromatic nitrogens is 1. The van der Waals surface area contributed by atoms with E-state index in [-0.39, 0.29) is 11.2 Å². The van der Waals surface area contributed by atoms with Crippen molar-refractivity contribution in [3.63, 3.8) is 0 Å². The lowest BCUT2D eigenvalue weighted by Gasteiger charge is -2.41. The molecule has 0 atom stereocenters. The second-order valence-electron chi connectivity index (χ2n) is 6.13. The Balaban J connectivity index is 2.02. The van der Waals surface area contributed by atoms with Crippen molar-refractivity contribution in [3.8, 4) is 0 Å². The predicted molar refractivity (Wildman–Crippen MR) is 76.0 cm³/mol. The molecule has 1 aromatic rings. The van der Waals surface area contributed by atoms with E-state index in [4.69, 9.17) is 0 Å². The molecule has 1 fully saturated rings. The van der Waals surface area contributed by atoms with Crippen molar-refractivity contribution in [3.05, 3.63) is 29.6 Å². The summed E-state index contributed by atoms with van der Waals surface area (Å²) < 4.78 is 26.4. The Morgan fingerprint density at radius 1 is 1.38 bits per heavy atom. The van der Waals surface area contributed by atoms with Gasteiger partial charge in [-0.05, 0) is 33.6 Å². The van der Waals surface area contributed by atoms with Gasteiger partial charge in [-0.1, -0.05) is 0 Å². The fraction of sp³-hybridized carbons (Fsp3) is 0.600. The van der Waals surface area contributed by atoms with Gasteiger partial charge in [-0.3, -0.25) is 4.79 Å². The molecule has 0 aliphatic carbocycles. The molecule has 1 aliphatic heterocycles. The summed E-state index contributed by atoms with van der Waals surface area (Å²) in [5, 5.41) is 2.84. The van der Waals surface area contributed by atoms with Crippen LogP contribution in [0.4, 0.5) is 8.78 Å². The van der Waals surface area contributed by atoms with Crippen LogP contribution in [0.3, 0.4) is 0 Å². The van der Waals surface area contributed by atoms with E-state index in [1.165, 1.54) is 0 Å². The van der Waals surface area contributed by atoms with Crippen molar-refractivity contribution < 1.29 is 13.6 Å². The second-order valence-corrected chi connectivity index (χ2v) is 6.13. The summed E-state index contributed by atoms with van der Waals surface area (Å²) >= 11 is 0. The minimum atomic E-state index is -0.935. The largest absolute Gasteiger partial charge is 0.345 e. The lowest BCUT2D eigenvalue weighted by atomic mass is 9.89. The minimum absolute atomic E-state index is 0.357. The molecule has 1 amide bonds. The lowest BCUT2D eigenvalue weighted by molar-refractivity contribution is 0.0793. The first kappa shape index (κ1) is 15.8. The van der Waals surface area contributed by atoms with Crippen LogP contribution in [-0.2, 0) is 0 Å². The molecule has 116 valence electrons. The Bertz CT molecular complexity index is 526. The zero-order valence-electron chi connectivity index (χ0n) is 12.6. The van der Waals surface area contributed by atoms with Crippen molar-refractivity contribution >= 4 is 5.91 Å². The van der Waals surface area contributed by atoms with Gasteiger partial charge in [-0.2, -0.15) is 0 Å². The maximum Gasteiger partial charge on any atom is 0.273 e. The van der Waals surface area contributed by atoms with Gasteiger partial charge in [0.15, 0.2) is 11.5 Å². The normalized spacial score (nSPS) is 18.8. The molecule has 1 saturated heterocycles. The molecule has 2 rings (SSSR count). The Morgan fingerprint density at radius 3 is 2.52 bits per heavy atom. The van der Waals surface area contributed by atoms with E-state index in [9.17, 15) is 13.6 Å². The van der Waals surface area contributed by atoms with Crippen LogP contribution in [0.2, 0.25) is 0 Å². The lowest BCUT2D eigenvalue weighted by Crippen LogP contribution is -2.54. The molecule has 2 heterocycles. The van der Waals surface area contributed by atoms with E-state index >= 15 is 0 Å². The molecule has 0 bridgehead atoms. The highest BCUT2D eigenvalue weighted by Crippen LogP contribution is 2.23. The minimum Gasteiger partial charge on any atom is -0.345 e. The van der Waals surface area contributed by atoms with Gasteiger partial charge in [0, 0.05) is 30.7 Å². The van der Waals surface area contributed by atoms with E-state index in [0.29, 0.717) is 12.1 Å². The standard InChI is InChI=1S/C15H21F2N3O/c1-10(2)20-6-4-15(3,5-7-20)19-14(21)13-12(17)8-11(16)9-18-13/h8-10H,4-7H2,1-3H3,(H,19,21). The van der Waals surface area contributed by atoms with Crippen molar-refractivity contribution in [1.29, 1.82) is 0 Å². The Kier molecular flexibility index (Phi) is 4.56. The number of carbonyl (C=O) groups is 1. The van der Waals surface area contributed by atoms with E-state index in [0.717, 1.165) is 32.1 Å². The summed E-state index contributed by atoms with van der Waals surface area (Å²) in [7, 11) is 0. The zero-order chi connectivity index (χ0) is 15.6. The Labute approximate surface area is 123 Å². The molecule has 1 aromatic heterocycles. The van der Waals surface area contributed by atoms with E-state index < -0.39 is 17.5 Å². The summed E-state index contributed by atoms with van der Waals surface area (Å²) in [5.74, 6) is -2.32. The first-order valence-corrected chi connectivity index (χ1v) is 7.18. The molecule has 0 radical (unpaired) electrons. The average Bonchev–Trinajstić information content (AvgIpc) is 2.38. The average molecular weight is 297 g/mol. The summed E-state index contributed by atoms with van der Waals surface area (Å²) in [6, 6.07) is 1.15. The van der Waals surface area contributed by atoms with Crippen LogP contribution in [0, 0.1) is 11.6 Å². The fourth-order valence-electron chi connectivity index (χ4n) is 2.57. The maximum atomic E-state index is 13.6. The first-order chi connectivity index (χ1) is 9.81. The smallest absolute Gasteiger partial charge is 0.273 e. The molecule has 4 nitrogen and oxygen atoms in total. The van der Waals surface area contributed by atoms with Crippen molar-refractivity contribution in [2.45, 2.75) is 45.2 Å². The summed E-state index contributed by atoms with van der Waals surface area (Å²) in [6.07, 6.45) is 2.43. The third-order valence-electron chi connectivity index (χ3n) is 4.07. The zero-order valence-corrected chi connectivity index (χ0v) is 12.6. The highest BCUT2D eigenvalue weighted by Gasteiger charge is 2.33. The van der Waals surface area contributed by atoms with Crippen LogP contribution < -0.4 is 5.32 Å². The molecule has 0 saturated carbocycles. The van der Waals surface area contributed by atoms with Crippen LogP contribution in [0.25, 0.3) is 0 Å². The molecule has 6 heteroatoms. The monoisotopic (exact) mass is 297 g/mol. The fourth-order valence-corrected chi connectivity index (χ4v) is 2.57. The number of halogens is 2. The number of hydrogen-bond donors (Lipinski definition) is 1. The van der Waals surface area contributed by atoms with Gasteiger partial charge in [0.1, 0.15) is 5.82 Å².